The number of hydrogen-bond acceptors (Lipinski definition) is 5. The number of carbonyl (C=O) groups excluding carboxylic acids is 2. The third-order valence-electron chi connectivity index (χ3n) is 5.65. The van der Waals surface area contributed by atoms with Crippen molar-refractivity contribution in [1.29, 1.82) is 0 Å². The SMILES string of the molecule is CCN(CC)CCNC(=O)C(=O)NCC(c1ccc(N(C)C)cc1)N1CCCC1. The van der Waals surface area contributed by atoms with E-state index in [1.165, 1.54) is 18.4 Å². The molecule has 7 heteroatoms. The van der Waals surface area contributed by atoms with Crippen molar-refractivity contribution in [2.45, 2.75) is 32.7 Å². The smallest absolute Gasteiger partial charge is 0.309 e. The molecule has 1 unspecified atom stereocenters. The molecule has 0 spiro atoms. The van der Waals surface area contributed by atoms with Crippen LogP contribution in [0.1, 0.15) is 38.3 Å². The van der Waals surface area contributed by atoms with Crippen LogP contribution < -0.4 is 15.5 Å². The van der Waals surface area contributed by atoms with Crippen molar-refractivity contribution < 1.29 is 9.59 Å². The summed E-state index contributed by atoms with van der Waals surface area (Å²) in [6.45, 7) is 9.74. The summed E-state index contributed by atoms with van der Waals surface area (Å²) in [5.74, 6) is -1.11. The first-order chi connectivity index (χ1) is 14.0. The van der Waals surface area contributed by atoms with Gasteiger partial charge in [-0.25, -0.2) is 0 Å². The first kappa shape index (κ1) is 23.2. The maximum atomic E-state index is 12.3. The quantitative estimate of drug-likeness (QED) is 0.579. The Balaban J connectivity index is 1.91. The molecule has 0 aliphatic carbocycles. The topological polar surface area (TPSA) is 67.9 Å². The molecule has 0 radical (unpaired) electrons. The maximum absolute atomic E-state index is 12.3. The molecular weight excluding hydrogens is 366 g/mol. The average Bonchev–Trinajstić information content (AvgIpc) is 3.26. The van der Waals surface area contributed by atoms with Gasteiger partial charge in [-0.1, -0.05) is 26.0 Å². The van der Waals surface area contributed by atoms with Crippen molar-refractivity contribution in [3.05, 3.63) is 29.8 Å². The van der Waals surface area contributed by atoms with Gasteiger partial charge in [0.05, 0.1) is 6.04 Å². The lowest BCUT2D eigenvalue weighted by molar-refractivity contribution is -0.139. The average molecular weight is 404 g/mol. The zero-order valence-corrected chi connectivity index (χ0v) is 18.4. The molecule has 1 fully saturated rings. The summed E-state index contributed by atoms with van der Waals surface area (Å²) in [7, 11) is 4.04. The summed E-state index contributed by atoms with van der Waals surface area (Å²) in [5, 5.41) is 5.57. The van der Waals surface area contributed by atoms with Crippen LogP contribution in [0.5, 0.6) is 0 Å². The molecule has 1 aliphatic rings. The van der Waals surface area contributed by atoms with E-state index < -0.39 is 11.8 Å². The van der Waals surface area contributed by atoms with Crippen molar-refractivity contribution in [3.63, 3.8) is 0 Å². The molecule has 1 atom stereocenters. The fraction of sp³-hybridized carbons (Fsp3) is 0.636. The molecule has 1 saturated heterocycles. The molecule has 1 heterocycles. The number of carbonyl (C=O) groups is 2. The molecule has 7 nitrogen and oxygen atoms in total. The molecule has 162 valence electrons. The molecule has 1 aromatic carbocycles. The number of likely N-dealkylation sites (tertiary alicyclic amines) is 1. The number of benzene rings is 1. The van der Waals surface area contributed by atoms with Crippen molar-refractivity contribution in [2.24, 2.45) is 0 Å². The van der Waals surface area contributed by atoms with Gasteiger partial charge in [0.25, 0.3) is 0 Å². The molecule has 2 rings (SSSR count). The van der Waals surface area contributed by atoms with Crippen LogP contribution in [0.4, 0.5) is 5.69 Å². The molecule has 0 aromatic heterocycles. The van der Waals surface area contributed by atoms with Crippen molar-refractivity contribution in [3.8, 4) is 0 Å². The number of nitrogens with zero attached hydrogens (tertiary/aromatic N) is 3. The predicted octanol–water partition coefficient (Wildman–Crippen LogP) is 1.46. The maximum Gasteiger partial charge on any atom is 0.309 e. The number of hydrogen-bond donors (Lipinski definition) is 2. The normalized spacial score (nSPS) is 15.3. The molecule has 0 bridgehead atoms. The largest absolute Gasteiger partial charge is 0.378 e. The van der Waals surface area contributed by atoms with E-state index in [0.29, 0.717) is 13.1 Å². The summed E-state index contributed by atoms with van der Waals surface area (Å²) in [6, 6.07) is 8.52. The number of rotatable bonds is 10. The van der Waals surface area contributed by atoms with Crippen molar-refractivity contribution in [1.82, 2.24) is 20.4 Å². The molecule has 1 aliphatic heterocycles. The Labute approximate surface area is 175 Å². The van der Waals surface area contributed by atoms with Gasteiger partial charge in [0, 0.05) is 39.4 Å². The van der Waals surface area contributed by atoms with Gasteiger partial charge in [-0.15, -0.1) is 0 Å². The monoisotopic (exact) mass is 403 g/mol. The second-order valence-electron chi connectivity index (χ2n) is 7.74. The van der Waals surface area contributed by atoms with Gasteiger partial charge in [0.1, 0.15) is 0 Å². The van der Waals surface area contributed by atoms with Crippen LogP contribution in [0.15, 0.2) is 24.3 Å². The van der Waals surface area contributed by atoms with Crippen LogP contribution in [0.2, 0.25) is 0 Å². The van der Waals surface area contributed by atoms with E-state index in [0.717, 1.165) is 38.4 Å². The van der Waals surface area contributed by atoms with Crippen LogP contribution >= 0.6 is 0 Å². The lowest BCUT2D eigenvalue weighted by Crippen LogP contribution is -2.45. The van der Waals surface area contributed by atoms with Crippen molar-refractivity contribution >= 4 is 17.5 Å². The van der Waals surface area contributed by atoms with E-state index in [1.807, 2.05) is 14.1 Å². The van der Waals surface area contributed by atoms with Gasteiger partial charge in [0.15, 0.2) is 0 Å². The second-order valence-corrected chi connectivity index (χ2v) is 7.74. The third kappa shape index (κ3) is 7.01. The lowest BCUT2D eigenvalue weighted by atomic mass is 10.0. The molecule has 2 amide bonds. The Hall–Kier alpha value is -2.12. The summed E-state index contributed by atoms with van der Waals surface area (Å²) in [5.41, 5.74) is 2.31. The number of amides is 2. The summed E-state index contributed by atoms with van der Waals surface area (Å²) < 4.78 is 0. The molecular formula is C22H37N5O2. The first-order valence-electron chi connectivity index (χ1n) is 10.8. The number of nitrogens with one attached hydrogen (secondary N) is 2. The van der Waals surface area contributed by atoms with E-state index in [9.17, 15) is 9.59 Å². The highest BCUT2D eigenvalue weighted by molar-refractivity contribution is 6.35. The zero-order chi connectivity index (χ0) is 21.2. The van der Waals surface area contributed by atoms with Crippen molar-refractivity contribution in [2.75, 3.05) is 64.8 Å². The Bertz CT molecular complexity index is 637. The van der Waals surface area contributed by atoms with Crippen LogP contribution in [-0.4, -0.2) is 81.5 Å². The Morgan fingerprint density at radius 3 is 2.14 bits per heavy atom. The number of likely N-dealkylation sites (N-methyl/N-ethyl adjacent to an activating group) is 1. The van der Waals surface area contributed by atoms with Crippen LogP contribution in [0.3, 0.4) is 0 Å². The highest BCUT2D eigenvalue weighted by atomic mass is 16.2. The second kappa shape index (κ2) is 11.8. The van der Waals surface area contributed by atoms with Crippen LogP contribution in [0, 0.1) is 0 Å². The van der Waals surface area contributed by atoms with Gasteiger partial charge in [-0.3, -0.25) is 14.5 Å². The van der Waals surface area contributed by atoms with E-state index in [4.69, 9.17) is 0 Å². The lowest BCUT2D eigenvalue weighted by Gasteiger charge is -2.28. The summed E-state index contributed by atoms with van der Waals surface area (Å²) in [4.78, 5) is 31.1. The predicted molar refractivity (Wildman–Crippen MR) is 118 cm³/mol. The Morgan fingerprint density at radius 2 is 1.59 bits per heavy atom. The summed E-state index contributed by atoms with van der Waals surface area (Å²) in [6.07, 6.45) is 2.35. The van der Waals surface area contributed by atoms with E-state index >= 15 is 0 Å². The standard InChI is InChI=1S/C22H37N5O2/c1-5-26(6-2)16-13-23-21(28)22(29)24-17-20(27-14-7-8-15-27)18-9-11-19(12-10-18)25(3)4/h9-12,20H,5-8,13-17H2,1-4H3,(H,23,28)(H,24,29). The number of anilines is 1. The fourth-order valence-electron chi connectivity index (χ4n) is 3.72. The van der Waals surface area contributed by atoms with Crippen LogP contribution in [-0.2, 0) is 9.59 Å². The van der Waals surface area contributed by atoms with E-state index in [2.05, 4.69) is 63.4 Å². The highest BCUT2D eigenvalue weighted by Gasteiger charge is 2.25. The molecule has 0 saturated carbocycles. The molecule has 29 heavy (non-hydrogen) atoms. The minimum absolute atomic E-state index is 0.0844. The minimum atomic E-state index is -0.557. The van der Waals surface area contributed by atoms with Gasteiger partial charge in [0.2, 0.25) is 0 Å². The summed E-state index contributed by atoms with van der Waals surface area (Å²) >= 11 is 0. The Kier molecular flexibility index (Phi) is 9.41. The van der Waals surface area contributed by atoms with Crippen LogP contribution in [0.25, 0.3) is 0 Å². The van der Waals surface area contributed by atoms with Gasteiger partial charge < -0.3 is 20.4 Å². The van der Waals surface area contributed by atoms with E-state index in [1.54, 1.807) is 0 Å². The molecule has 1 aromatic rings. The zero-order valence-electron chi connectivity index (χ0n) is 18.4. The fourth-order valence-corrected chi connectivity index (χ4v) is 3.72. The highest BCUT2D eigenvalue weighted by Crippen LogP contribution is 2.26. The van der Waals surface area contributed by atoms with Gasteiger partial charge >= 0.3 is 11.8 Å². The Morgan fingerprint density at radius 1 is 1.00 bits per heavy atom. The molecule has 2 N–H and O–H groups in total. The first-order valence-corrected chi connectivity index (χ1v) is 10.8. The van der Waals surface area contributed by atoms with Gasteiger partial charge in [-0.05, 0) is 56.7 Å². The third-order valence-corrected chi connectivity index (χ3v) is 5.65. The van der Waals surface area contributed by atoms with Gasteiger partial charge in [-0.2, -0.15) is 0 Å². The minimum Gasteiger partial charge on any atom is -0.378 e. The van der Waals surface area contributed by atoms with E-state index in [-0.39, 0.29) is 6.04 Å².